The second kappa shape index (κ2) is 8.86. The highest BCUT2D eigenvalue weighted by Gasteiger charge is 2.41. The van der Waals surface area contributed by atoms with Crippen LogP contribution in [0.5, 0.6) is 5.75 Å². The van der Waals surface area contributed by atoms with Crippen LogP contribution < -0.4 is 4.74 Å². The monoisotopic (exact) mass is 460 g/mol. The van der Waals surface area contributed by atoms with E-state index in [0.29, 0.717) is 53.0 Å². The molecule has 9 heteroatoms. The van der Waals surface area contributed by atoms with Crippen molar-refractivity contribution in [2.75, 3.05) is 26.8 Å². The van der Waals surface area contributed by atoms with E-state index in [4.69, 9.17) is 27.9 Å². The van der Waals surface area contributed by atoms with Gasteiger partial charge >= 0.3 is 0 Å². The van der Waals surface area contributed by atoms with Crippen LogP contribution in [0.15, 0.2) is 42.6 Å². The van der Waals surface area contributed by atoms with E-state index in [1.807, 2.05) is 18.2 Å². The number of aliphatic hydroxyl groups is 1. The normalized spacial score (nSPS) is 18.4. The zero-order chi connectivity index (χ0) is 22.0. The average molecular weight is 461 g/mol. The van der Waals surface area contributed by atoms with Crippen molar-refractivity contribution >= 4 is 29.1 Å². The maximum Gasteiger partial charge on any atom is 0.257 e. The summed E-state index contributed by atoms with van der Waals surface area (Å²) in [6, 6.07) is 10.9. The molecule has 162 valence electrons. The molecule has 1 unspecified atom stereocenters. The standard InChI is InChI=1S/C22H22Cl2N4O3/c1-31-20-5-2-14(19-12-25-27-26-19)10-16(20)21(30)28-8-6-22(13-28,7-9-29)15-3-4-17(23)18(24)11-15/h2-5,10-12,29H,6-9,13H2,1H3,(H,25,26,27). The summed E-state index contributed by atoms with van der Waals surface area (Å²) in [5.74, 6) is 0.355. The summed E-state index contributed by atoms with van der Waals surface area (Å²) in [6.07, 6.45) is 2.83. The lowest BCUT2D eigenvalue weighted by Gasteiger charge is -2.30. The Morgan fingerprint density at radius 2 is 2.10 bits per heavy atom. The van der Waals surface area contributed by atoms with E-state index in [1.165, 1.54) is 7.11 Å². The van der Waals surface area contributed by atoms with Gasteiger partial charge in [-0.3, -0.25) is 4.79 Å². The summed E-state index contributed by atoms with van der Waals surface area (Å²) in [5.41, 5.74) is 2.44. The number of carbonyl (C=O) groups excluding carboxylic acids is 1. The van der Waals surface area contributed by atoms with Crippen LogP contribution in [0.3, 0.4) is 0 Å². The Morgan fingerprint density at radius 3 is 2.77 bits per heavy atom. The van der Waals surface area contributed by atoms with Crippen molar-refractivity contribution in [3.8, 4) is 17.0 Å². The van der Waals surface area contributed by atoms with Gasteiger partial charge in [0.15, 0.2) is 0 Å². The van der Waals surface area contributed by atoms with Crippen LogP contribution in [0.25, 0.3) is 11.3 Å². The van der Waals surface area contributed by atoms with Gasteiger partial charge in [-0.1, -0.05) is 29.3 Å². The zero-order valence-electron chi connectivity index (χ0n) is 16.9. The highest BCUT2D eigenvalue weighted by atomic mass is 35.5. The number of aromatic nitrogens is 3. The quantitative estimate of drug-likeness (QED) is 0.580. The number of methoxy groups -OCH3 is 1. The largest absolute Gasteiger partial charge is 0.496 e. The number of rotatable bonds is 6. The third-order valence-corrected chi connectivity index (χ3v) is 6.64. The summed E-state index contributed by atoms with van der Waals surface area (Å²) in [5, 5.41) is 21.2. The number of carbonyl (C=O) groups is 1. The summed E-state index contributed by atoms with van der Waals surface area (Å²) in [6.45, 7) is 1.02. The van der Waals surface area contributed by atoms with Gasteiger partial charge in [0, 0.05) is 30.7 Å². The Hall–Kier alpha value is -2.61. The first-order valence-electron chi connectivity index (χ1n) is 9.87. The smallest absolute Gasteiger partial charge is 0.257 e. The molecule has 0 saturated carbocycles. The van der Waals surface area contributed by atoms with Gasteiger partial charge in [0.2, 0.25) is 0 Å². The summed E-state index contributed by atoms with van der Waals surface area (Å²) in [4.78, 5) is 15.3. The molecule has 2 heterocycles. The number of amides is 1. The predicted molar refractivity (Wildman–Crippen MR) is 119 cm³/mol. The van der Waals surface area contributed by atoms with E-state index in [9.17, 15) is 9.90 Å². The van der Waals surface area contributed by atoms with Crippen molar-refractivity contribution in [1.82, 2.24) is 20.3 Å². The lowest BCUT2D eigenvalue weighted by molar-refractivity contribution is 0.0776. The van der Waals surface area contributed by atoms with Crippen LogP contribution in [-0.4, -0.2) is 58.1 Å². The highest BCUT2D eigenvalue weighted by Crippen LogP contribution is 2.41. The first kappa shape index (κ1) is 21.6. The van der Waals surface area contributed by atoms with Gasteiger partial charge in [0.25, 0.3) is 5.91 Å². The fourth-order valence-corrected chi connectivity index (χ4v) is 4.51. The van der Waals surface area contributed by atoms with Gasteiger partial charge in [-0.05, 0) is 48.7 Å². The molecule has 0 radical (unpaired) electrons. The number of ether oxygens (including phenoxy) is 1. The second-order valence-electron chi connectivity index (χ2n) is 7.63. The van der Waals surface area contributed by atoms with E-state index in [0.717, 1.165) is 11.1 Å². The second-order valence-corrected chi connectivity index (χ2v) is 8.44. The van der Waals surface area contributed by atoms with Crippen molar-refractivity contribution in [3.63, 3.8) is 0 Å². The number of aromatic amines is 1. The van der Waals surface area contributed by atoms with Crippen LogP contribution in [0.4, 0.5) is 0 Å². The molecule has 1 aliphatic rings. The number of nitrogens with zero attached hydrogens (tertiary/aromatic N) is 3. The summed E-state index contributed by atoms with van der Waals surface area (Å²) in [7, 11) is 1.54. The summed E-state index contributed by atoms with van der Waals surface area (Å²) < 4.78 is 5.45. The Balaban J connectivity index is 1.65. The molecular formula is C22H22Cl2N4O3. The Morgan fingerprint density at radius 1 is 1.26 bits per heavy atom. The van der Waals surface area contributed by atoms with Gasteiger partial charge in [0.1, 0.15) is 11.4 Å². The number of hydrogen-bond donors (Lipinski definition) is 2. The minimum Gasteiger partial charge on any atom is -0.496 e. The Labute approximate surface area is 189 Å². The molecule has 2 aromatic carbocycles. The van der Waals surface area contributed by atoms with E-state index >= 15 is 0 Å². The minimum absolute atomic E-state index is 0.00718. The number of likely N-dealkylation sites (tertiary alicyclic amines) is 1. The fourth-order valence-electron chi connectivity index (χ4n) is 4.22. The zero-order valence-corrected chi connectivity index (χ0v) is 18.5. The van der Waals surface area contributed by atoms with Crippen molar-refractivity contribution in [3.05, 3.63) is 63.8 Å². The van der Waals surface area contributed by atoms with Crippen molar-refractivity contribution in [2.45, 2.75) is 18.3 Å². The molecule has 31 heavy (non-hydrogen) atoms. The molecule has 2 N–H and O–H groups in total. The topological polar surface area (TPSA) is 91.3 Å². The molecule has 7 nitrogen and oxygen atoms in total. The van der Waals surface area contributed by atoms with Gasteiger partial charge in [-0.15, -0.1) is 0 Å². The van der Waals surface area contributed by atoms with Crippen molar-refractivity contribution in [2.24, 2.45) is 0 Å². The molecule has 0 spiro atoms. The van der Waals surface area contributed by atoms with E-state index in [-0.39, 0.29) is 12.5 Å². The molecule has 0 bridgehead atoms. The average Bonchev–Trinajstić information content (AvgIpc) is 3.46. The van der Waals surface area contributed by atoms with Crippen molar-refractivity contribution < 1.29 is 14.6 Å². The van der Waals surface area contributed by atoms with Crippen LogP contribution in [0.2, 0.25) is 10.0 Å². The van der Waals surface area contributed by atoms with Crippen LogP contribution in [0.1, 0.15) is 28.8 Å². The molecule has 1 amide bonds. The van der Waals surface area contributed by atoms with Crippen LogP contribution in [0, 0.1) is 0 Å². The molecule has 4 rings (SSSR count). The number of benzene rings is 2. The maximum absolute atomic E-state index is 13.5. The van der Waals surface area contributed by atoms with Gasteiger partial charge in [-0.2, -0.15) is 15.4 Å². The fraction of sp³-hybridized carbons (Fsp3) is 0.318. The first-order valence-corrected chi connectivity index (χ1v) is 10.6. The molecule has 0 aliphatic carbocycles. The van der Waals surface area contributed by atoms with Crippen LogP contribution >= 0.6 is 23.2 Å². The van der Waals surface area contributed by atoms with Gasteiger partial charge in [-0.25, -0.2) is 0 Å². The third kappa shape index (κ3) is 4.13. The highest BCUT2D eigenvalue weighted by molar-refractivity contribution is 6.42. The number of hydrogen-bond acceptors (Lipinski definition) is 5. The maximum atomic E-state index is 13.5. The molecule has 1 atom stereocenters. The third-order valence-electron chi connectivity index (χ3n) is 5.90. The number of halogens is 2. The Bertz CT molecular complexity index is 1090. The SMILES string of the molecule is COc1ccc(-c2cn[nH]n2)cc1C(=O)N1CCC(CCO)(c2ccc(Cl)c(Cl)c2)C1. The number of H-pyrrole nitrogens is 1. The van der Waals surface area contributed by atoms with Crippen molar-refractivity contribution in [1.29, 1.82) is 0 Å². The minimum atomic E-state index is -0.393. The van der Waals surface area contributed by atoms with E-state index in [2.05, 4.69) is 15.4 Å². The molecule has 3 aromatic rings. The van der Waals surface area contributed by atoms with Gasteiger partial charge < -0.3 is 14.7 Å². The molecule has 1 aliphatic heterocycles. The van der Waals surface area contributed by atoms with E-state index < -0.39 is 5.41 Å². The first-order chi connectivity index (χ1) is 15.0. The lowest BCUT2D eigenvalue weighted by Crippen LogP contribution is -2.35. The van der Waals surface area contributed by atoms with Crippen LogP contribution in [-0.2, 0) is 5.41 Å². The summed E-state index contributed by atoms with van der Waals surface area (Å²) >= 11 is 12.3. The Kier molecular flexibility index (Phi) is 6.18. The molecule has 1 saturated heterocycles. The van der Waals surface area contributed by atoms with Gasteiger partial charge in [0.05, 0.1) is 28.9 Å². The molecular weight excluding hydrogens is 439 g/mol. The number of aliphatic hydroxyl groups excluding tert-OH is 1. The lowest BCUT2D eigenvalue weighted by atomic mass is 9.77. The molecule has 1 aromatic heterocycles. The predicted octanol–water partition coefficient (Wildman–Crippen LogP) is 3.95. The molecule has 1 fully saturated rings. The number of nitrogens with one attached hydrogen (secondary N) is 1. The van der Waals surface area contributed by atoms with E-state index in [1.54, 1.807) is 29.3 Å².